The fourth-order valence-electron chi connectivity index (χ4n) is 1.83. The second-order valence-electron chi connectivity index (χ2n) is 3.76. The molecular formula is C12H13ClO2. The van der Waals surface area contributed by atoms with Crippen LogP contribution in [-0.2, 0) is 4.74 Å². The Bertz CT molecular complexity index is 356. The van der Waals surface area contributed by atoms with Crippen molar-refractivity contribution in [2.24, 2.45) is 5.92 Å². The number of benzene rings is 1. The van der Waals surface area contributed by atoms with E-state index in [9.17, 15) is 4.79 Å². The van der Waals surface area contributed by atoms with Gasteiger partial charge in [-0.1, -0.05) is 23.7 Å². The Kier molecular flexibility index (Phi) is 3.39. The van der Waals surface area contributed by atoms with E-state index in [2.05, 4.69) is 0 Å². The number of carbonyl (C=O) groups is 1. The van der Waals surface area contributed by atoms with Crippen molar-refractivity contribution in [1.82, 2.24) is 0 Å². The Labute approximate surface area is 94.2 Å². The van der Waals surface area contributed by atoms with Gasteiger partial charge in [-0.2, -0.15) is 0 Å². The molecule has 1 aromatic rings. The summed E-state index contributed by atoms with van der Waals surface area (Å²) in [6, 6.07) is 7.19. The first kappa shape index (κ1) is 10.7. The van der Waals surface area contributed by atoms with Crippen LogP contribution in [0.1, 0.15) is 23.2 Å². The van der Waals surface area contributed by atoms with Crippen LogP contribution in [0.4, 0.5) is 0 Å². The molecule has 0 N–H and O–H groups in total. The molecule has 2 nitrogen and oxygen atoms in total. The largest absolute Gasteiger partial charge is 0.381 e. The van der Waals surface area contributed by atoms with Gasteiger partial charge in [-0.15, -0.1) is 0 Å². The lowest BCUT2D eigenvalue weighted by Crippen LogP contribution is -2.25. The standard InChI is InChI=1S/C12H13ClO2/c13-11-6-2-1-5-10(11)12(14)9-4-3-7-15-8-9/h1-2,5-6,9H,3-4,7-8H2. The van der Waals surface area contributed by atoms with Gasteiger partial charge in [-0.3, -0.25) is 4.79 Å². The van der Waals surface area contributed by atoms with E-state index in [1.54, 1.807) is 12.1 Å². The highest BCUT2D eigenvalue weighted by molar-refractivity contribution is 6.34. The molecule has 1 aromatic carbocycles. The summed E-state index contributed by atoms with van der Waals surface area (Å²) < 4.78 is 5.30. The van der Waals surface area contributed by atoms with Crippen molar-refractivity contribution in [2.75, 3.05) is 13.2 Å². The molecule has 0 aliphatic carbocycles. The zero-order valence-corrected chi connectivity index (χ0v) is 9.17. The maximum absolute atomic E-state index is 12.1. The molecule has 15 heavy (non-hydrogen) atoms. The zero-order valence-electron chi connectivity index (χ0n) is 8.41. The smallest absolute Gasteiger partial charge is 0.169 e. The Hall–Kier alpha value is -0.860. The molecule has 3 heteroatoms. The molecule has 0 aromatic heterocycles. The van der Waals surface area contributed by atoms with Crippen molar-refractivity contribution in [3.8, 4) is 0 Å². The molecule has 1 saturated heterocycles. The van der Waals surface area contributed by atoms with Crippen LogP contribution in [0.3, 0.4) is 0 Å². The van der Waals surface area contributed by atoms with E-state index in [4.69, 9.17) is 16.3 Å². The number of halogens is 1. The van der Waals surface area contributed by atoms with Gasteiger partial charge in [-0.05, 0) is 25.0 Å². The van der Waals surface area contributed by atoms with Gasteiger partial charge in [0.1, 0.15) is 0 Å². The number of rotatable bonds is 2. The fraction of sp³-hybridized carbons (Fsp3) is 0.417. The highest BCUT2D eigenvalue weighted by atomic mass is 35.5. The molecule has 1 heterocycles. The molecule has 1 aliphatic rings. The molecule has 0 amide bonds. The van der Waals surface area contributed by atoms with Crippen molar-refractivity contribution in [1.29, 1.82) is 0 Å². The molecule has 0 bridgehead atoms. The maximum atomic E-state index is 12.1. The van der Waals surface area contributed by atoms with Crippen LogP contribution in [0, 0.1) is 5.92 Å². The average molecular weight is 225 g/mol. The predicted molar refractivity (Wildman–Crippen MR) is 59.3 cm³/mol. The molecule has 80 valence electrons. The quantitative estimate of drug-likeness (QED) is 0.722. The van der Waals surface area contributed by atoms with Gasteiger partial charge in [0.05, 0.1) is 11.6 Å². The summed E-state index contributed by atoms with van der Waals surface area (Å²) in [5.74, 6) is 0.0963. The fourth-order valence-corrected chi connectivity index (χ4v) is 2.06. The van der Waals surface area contributed by atoms with Crippen molar-refractivity contribution in [2.45, 2.75) is 12.8 Å². The minimum atomic E-state index is -0.0151. The zero-order chi connectivity index (χ0) is 10.7. The highest BCUT2D eigenvalue weighted by Crippen LogP contribution is 2.23. The average Bonchev–Trinajstić information content (AvgIpc) is 2.30. The van der Waals surface area contributed by atoms with Gasteiger partial charge >= 0.3 is 0 Å². The van der Waals surface area contributed by atoms with E-state index in [0.29, 0.717) is 17.2 Å². The lowest BCUT2D eigenvalue weighted by molar-refractivity contribution is 0.0461. The van der Waals surface area contributed by atoms with E-state index in [1.165, 1.54) is 0 Å². The Morgan fingerprint density at radius 2 is 2.20 bits per heavy atom. The van der Waals surface area contributed by atoms with E-state index >= 15 is 0 Å². The second-order valence-corrected chi connectivity index (χ2v) is 4.17. The second kappa shape index (κ2) is 4.77. The highest BCUT2D eigenvalue weighted by Gasteiger charge is 2.24. The third-order valence-electron chi connectivity index (χ3n) is 2.67. The van der Waals surface area contributed by atoms with Crippen molar-refractivity contribution in [3.05, 3.63) is 34.9 Å². The number of hydrogen-bond acceptors (Lipinski definition) is 2. The first-order valence-corrected chi connectivity index (χ1v) is 5.53. The van der Waals surface area contributed by atoms with E-state index in [-0.39, 0.29) is 11.7 Å². The van der Waals surface area contributed by atoms with Crippen LogP contribution >= 0.6 is 11.6 Å². The molecular weight excluding hydrogens is 212 g/mol. The summed E-state index contributed by atoms with van der Waals surface area (Å²) in [5.41, 5.74) is 0.620. The summed E-state index contributed by atoms with van der Waals surface area (Å²) in [6.07, 6.45) is 1.87. The Balaban J connectivity index is 2.16. The van der Waals surface area contributed by atoms with E-state index in [1.807, 2.05) is 12.1 Å². The van der Waals surface area contributed by atoms with Gasteiger partial charge < -0.3 is 4.74 Å². The number of ketones is 1. The molecule has 1 fully saturated rings. The van der Waals surface area contributed by atoms with E-state index in [0.717, 1.165) is 19.4 Å². The first-order chi connectivity index (χ1) is 7.29. The van der Waals surface area contributed by atoms with Crippen molar-refractivity contribution >= 4 is 17.4 Å². The third kappa shape index (κ3) is 2.39. The molecule has 0 radical (unpaired) electrons. The van der Waals surface area contributed by atoms with Gasteiger partial charge in [0.25, 0.3) is 0 Å². The summed E-state index contributed by atoms with van der Waals surface area (Å²) in [7, 11) is 0. The maximum Gasteiger partial charge on any atom is 0.169 e. The minimum absolute atomic E-state index is 0.0151. The lowest BCUT2D eigenvalue weighted by Gasteiger charge is -2.21. The van der Waals surface area contributed by atoms with Crippen LogP contribution in [0.15, 0.2) is 24.3 Å². The molecule has 0 saturated carbocycles. The molecule has 0 spiro atoms. The SMILES string of the molecule is O=C(c1ccccc1Cl)C1CCCOC1. The van der Waals surface area contributed by atoms with Gasteiger partial charge in [0.15, 0.2) is 5.78 Å². The minimum Gasteiger partial charge on any atom is -0.381 e. The lowest BCUT2D eigenvalue weighted by atomic mass is 9.93. The molecule has 1 aliphatic heterocycles. The number of hydrogen-bond donors (Lipinski definition) is 0. The van der Waals surface area contributed by atoms with Gasteiger partial charge in [0, 0.05) is 18.1 Å². The van der Waals surface area contributed by atoms with Crippen LogP contribution in [0.5, 0.6) is 0 Å². The summed E-state index contributed by atoms with van der Waals surface area (Å²) in [6.45, 7) is 1.30. The molecule has 2 rings (SSSR count). The number of Topliss-reactive ketones (excluding diaryl/α,β-unsaturated/α-hetero) is 1. The van der Waals surface area contributed by atoms with Crippen LogP contribution < -0.4 is 0 Å². The van der Waals surface area contributed by atoms with Gasteiger partial charge in [0.2, 0.25) is 0 Å². The van der Waals surface area contributed by atoms with Gasteiger partial charge in [-0.25, -0.2) is 0 Å². The third-order valence-corrected chi connectivity index (χ3v) is 3.00. The monoisotopic (exact) mass is 224 g/mol. The van der Waals surface area contributed by atoms with E-state index < -0.39 is 0 Å². The normalized spacial score (nSPS) is 21.3. The Morgan fingerprint density at radius 3 is 2.87 bits per heavy atom. The summed E-state index contributed by atoms with van der Waals surface area (Å²) in [5, 5.41) is 0.535. The Morgan fingerprint density at radius 1 is 1.40 bits per heavy atom. The van der Waals surface area contributed by atoms with Crippen molar-refractivity contribution < 1.29 is 9.53 Å². The van der Waals surface area contributed by atoms with Crippen LogP contribution in [0.25, 0.3) is 0 Å². The van der Waals surface area contributed by atoms with Crippen LogP contribution in [-0.4, -0.2) is 19.0 Å². The summed E-state index contributed by atoms with van der Waals surface area (Å²) >= 11 is 5.98. The summed E-state index contributed by atoms with van der Waals surface area (Å²) in [4.78, 5) is 12.1. The topological polar surface area (TPSA) is 26.3 Å². The van der Waals surface area contributed by atoms with Crippen LogP contribution in [0.2, 0.25) is 5.02 Å². The molecule has 1 atom stereocenters. The predicted octanol–water partition coefficient (Wildman–Crippen LogP) is 2.95. The molecule has 1 unspecified atom stereocenters. The number of carbonyl (C=O) groups excluding carboxylic acids is 1. The first-order valence-electron chi connectivity index (χ1n) is 5.15. The number of ether oxygens (including phenoxy) is 1. The van der Waals surface area contributed by atoms with Crippen molar-refractivity contribution in [3.63, 3.8) is 0 Å².